The van der Waals surface area contributed by atoms with Gasteiger partial charge in [-0.15, -0.1) is 0 Å². The summed E-state index contributed by atoms with van der Waals surface area (Å²) in [5, 5.41) is 0. The van der Waals surface area contributed by atoms with E-state index in [-0.39, 0.29) is 6.00 Å². The van der Waals surface area contributed by atoms with Crippen LogP contribution in [0.5, 0.6) is 5.75 Å². The van der Waals surface area contributed by atoms with Gasteiger partial charge in [0.2, 0.25) is 0 Å². The van der Waals surface area contributed by atoms with E-state index in [0.717, 1.165) is 5.75 Å². The van der Waals surface area contributed by atoms with Crippen LogP contribution in [-0.4, -0.2) is 13.8 Å². The van der Waals surface area contributed by atoms with E-state index in [9.17, 15) is 0 Å². The molecule has 0 N–H and O–H groups in total. The van der Waals surface area contributed by atoms with Crippen LogP contribution in [0, 0.1) is 6.92 Å². The Kier molecular flexibility index (Phi) is 2.58. The first kappa shape index (κ1) is 8.18. The molecule has 0 fully saturated rings. The molecule has 1 nitrogen and oxygen atoms in total. The molecule has 0 spiro atoms. The topological polar surface area (TPSA) is 9.23 Å². The summed E-state index contributed by atoms with van der Waals surface area (Å²) in [6, 6.07) is 8.35. The van der Waals surface area contributed by atoms with Gasteiger partial charge >= 0.3 is 0 Å². The fraction of sp³-hybridized carbons (Fsp3) is 0.333. The van der Waals surface area contributed by atoms with Crippen molar-refractivity contribution in [3.8, 4) is 5.75 Å². The number of benzene rings is 1. The molecular formula is C9H13BO. The molecule has 0 amide bonds. The van der Waals surface area contributed by atoms with E-state index in [2.05, 4.69) is 13.0 Å². The monoisotopic (exact) mass is 148 g/mol. The van der Waals surface area contributed by atoms with Crippen LogP contribution in [0.1, 0.15) is 12.5 Å². The number of hydrogen-bond donors (Lipinski definition) is 0. The molecule has 0 radical (unpaired) electrons. The highest BCUT2D eigenvalue weighted by Gasteiger charge is 1.95. The predicted octanol–water partition coefficient (Wildman–Crippen LogP) is 1.35. The van der Waals surface area contributed by atoms with Crippen LogP contribution in [0.3, 0.4) is 0 Å². The molecule has 0 aliphatic rings. The highest BCUT2D eigenvalue weighted by molar-refractivity contribution is 6.10. The molecule has 11 heavy (non-hydrogen) atoms. The van der Waals surface area contributed by atoms with Crippen molar-refractivity contribution in [1.29, 1.82) is 0 Å². The van der Waals surface area contributed by atoms with Gasteiger partial charge in [0.25, 0.3) is 0 Å². The van der Waals surface area contributed by atoms with E-state index in [0.29, 0.717) is 0 Å². The van der Waals surface area contributed by atoms with Gasteiger partial charge in [0, 0.05) is 0 Å². The zero-order chi connectivity index (χ0) is 8.27. The summed E-state index contributed by atoms with van der Waals surface area (Å²) in [5.41, 5.74) is 1.24. The summed E-state index contributed by atoms with van der Waals surface area (Å²) in [4.78, 5) is 0. The van der Waals surface area contributed by atoms with E-state index in [1.807, 2.05) is 33.0 Å². The minimum atomic E-state index is 0.261. The van der Waals surface area contributed by atoms with Gasteiger partial charge in [0.1, 0.15) is 5.75 Å². The van der Waals surface area contributed by atoms with Crippen molar-refractivity contribution < 1.29 is 4.74 Å². The summed E-state index contributed by atoms with van der Waals surface area (Å²) < 4.78 is 5.50. The third-order valence-corrected chi connectivity index (χ3v) is 1.36. The lowest BCUT2D eigenvalue weighted by molar-refractivity contribution is 0.300. The maximum absolute atomic E-state index is 5.50. The van der Waals surface area contributed by atoms with Gasteiger partial charge in [-0.05, 0) is 31.5 Å². The fourth-order valence-corrected chi connectivity index (χ4v) is 0.961. The molecule has 0 aromatic heterocycles. The Balaban J connectivity index is 2.71. The van der Waals surface area contributed by atoms with Gasteiger partial charge in [-0.25, -0.2) is 0 Å². The average molecular weight is 148 g/mol. The van der Waals surface area contributed by atoms with Gasteiger partial charge < -0.3 is 4.74 Å². The van der Waals surface area contributed by atoms with Crippen LogP contribution in [0.15, 0.2) is 24.3 Å². The Hall–Kier alpha value is -0.915. The number of aryl methyl sites for hydroxylation is 1. The maximum Gasteiger partial charge on any atom is 0.154 e. The molecule has 0 saturated carbocycles. The summed E-state index contributed by atoms with van der Waals surface area (Å²) in [6.07, 6.45) is 0. The molecule has 1 unspecified atom stereocenters. The maximum atomic E-state index is 5.50. The Morgan fingerprint density at radius 2 is 2.18 bits per heavy atom. The first-order valence-electron chi connectivity index (χ1n) is 3.92. The minimum absolute atomic E-state index is 0.261. The molecule has 0 aliphatic carbocycles. The van der Waals surface area contributed by atoms with Gasteiger partial charge in [-0.1, -0.05) is 12.1 Å². The average Bonchev–Trinajstić information content (AvgIpc) is 1.85. The Bertz CT molecular complexity index is 233. The van der Waals surface area contributed by atoms with E-state index in [4.69, 9.17) is 4.74 Å². The van der Waals surface area contributed by atoms with Crippen LogP contribution in [0.25, 0.3) is 0 Å². The van der Waals surface area contributed by atoms with Crippen LogP contribution in [0.2, 0.25) is 0 Å². The molecule has 1 aromatic rings. The largest absolute Gasteiger partial charge is 0.500 e. The Morgan fingerprint density at radius 3 is 2.73 bits per heavy atom. The molecule has 1 aromatic carbocycles. The quantitative estimate of drug-likeness (QED) is 0.575. The fourth-order valence-electron chi connectivity index (χ4n) is 0.961. The third kappa shape index (κ3) is 2.66. The standard InChI is InChI=1S/C9H13BO/c1-7-4-3-5-9(6-7)11-8(2)10/h3-6,8H,10H2,1-2H3. The SMILES string of the molecule is BC(C)Oc1cccc(C)c1. The van der Waals surface area contributed by atoms with Gasteiger partial charge in [-0.3, -0.25) is 0 Å². The lowest BCUT2D eigenvalue weighted by atomic mass is 10.0. The summed E-state index contributed by atoms with van der Waals surface area (Å²) in [7, 11) is 2.03. The second kappa shape index (κ2) is 3.47. The molecule has 0 bridgehead atoms. The lowest BCUT2D eigenvalue weighted by Crippen LogP contribution is -2.10. The molecule has 0 aliphatic heterocycles. The summed E-state index contributed by atoms with van der Waals surface area (Å²) in [5.74, 6) is 0.958. The summed E-state index contributed by atoms with van der Waals surface area (Å²) in [6.45, 7) is 4.09. The van der Waals surface area contributed by atoms with Crippen LogP contribution >= 0.6 is 0 Å². The highest BCUT2D eigenvalue weighted by atomic mass is 16.5. The summed E-state index contributed by atoms with van der Waals surface area (Å²) >= 11 is 0. The van der Waals surface area contributed by atoms with Crippen molar-refractivity contribution in [3.05, 3.63) is 29.8 Å². The van der Waals surface area contributed by atoms with E-state index < -0.39 is 0 Å². The highest BCUT2D eigenvalue weighted by Crippen LogP contribution is 2.12. The number of rotatable bonds is 2. The molecule has 0 saturated heterocycles. The number of ether oxygens (including phenoxy) is 1. The molecule has 0 heterocycles. The third-order valence-electron chi connectivity index (χ3n) is 1.36. The van der Waals surface area contributed by atoms with Gasteiger partial charge in [0.05, 0.1) is 6.00 Å². The first-order valence-corrected chi connectivity index (χ1v) is 3.92. The van der Waals surface area contributed by atoms with E-state index >= 15 is 0 Å². The molecule has 2 heteroatoms. The van der Waals surface area contributed by atoms with Crippen molar-refractivity contribution in [1.82, 2.24) is 0 Å². The normalized spacial score (nSPS) is 12.5. The van der Waals surface area contributed by atoms with Crippen molar-refractivity contribution >= 4 is 7.85 Å². The zero-order valence-electron chi connectivity index (χ0n) is 7.29. The van der Waals surface area contributed by atoms with Crippen molar-refractivity contribution in [3.63, 3.8) is 0 Å². The van der Waals surface area contributed by atoms with Crippen LogP contribution in [0.4, 0.5) is 0 Å². The predicted molar refractivity (Wildman–Crippen MR) is 49.8 cm³/mol. The second-order valence-electron chi connectivity index (χ2n) is 2.98. The van der Waals surface area contributed by atoms with Crippen molar-refractivity contribution in [2.24, 2.45) is 0 Å². The molecule has 1 atom stereocenters. The van der Waals surface area contributed by atoms with Gasteiger partial charge in [-0.2, -0.15) is 0 Å². The Labute approximate surface area is 68.8 Å². The van der Waals surface area contributed by atoms with E-state index in [1.165, 1.54) is 5.56 Å². The molecule has 1 rings (SSSR count). The number of hydrogen-bond acceptors (Lipinski definition) is 1. The van der Waals surface area contributed by atoms with E-state index in [1.54, 1.807) is 0 Å². The smallest absolute Gasteiger partial charge is 0.154 e. The molecular weight excluding hydrogens is 135 g/mol. The van der Waals surface area contributed by atoms with Crippen molar-refractivity contribution in [2.45, 2.75) is 19.9 Å². The zero-order valence-corrected chi connectivity index (χ0v) is 7.29. The lowest BCUT2D eigenvalue weighted by Gasteiger charge is -2.09. The van der Waals surface area contributed by atoms with Crippen LogP contribution in [-0.2, 0) is 0 Å². The molecule has 58 valence electrons. The first-order chi connectivity index (χ1) is 5.18. The Morgan fingerprint density at radius 1 is 1.45 bits per heavy atom. The van der Waals surface area contributed by atoms with Crippen LogP contribution < -0.4 is 4.74 Å². The minimum Gasteiger partial charge on any atom is -0.500 e. The van der Waals surface area contributed by atoms with Gasteiger partial charge in [0.15, 0.2) is 7.85 Å². The van der Waals surface area contributed by atoms with Crippen molar-refractivity contribution in [2.75, 3.05) is 0 Å². The second-order valence-corrected chi connectivity index (χ2v) is 2.98.